The SMILES string of the molecule is CNCc1sc(C2(OC)CCC(C)(C)CC2)nc1C(C)C. The number of thiazole rings is 1. The van der Waals surface area contributed by atoms with Crippen molar-refractivity contribution < 1.29 is 4.74 Å². The van der Waals surface area contributed by atoms with E-state index >= 15 is 0 Å². The zero-order chi connectivity index (χ0) is 15.7. The van der Waals surface area contributed by atoms with Crippen LogP contribution < -0.4 is 5.32 Å². The molecule has 120 valence electrons. The standard InChI is InChI=1S/C17H30N2OS/c1-12(2)14-13(11-18-5)21-15(19-14)17(20-6)9-7-16(3,4)8-10-17/h12,18H,7-11H2,1-6H3. The number of nitrogens with zero attached hydrogens (tertiary/aromatic N) is 1. The number of hydrogen-bond acceptors (Lipinski definition) is 4. The first-order valence-corrected chi connectivity index (χ1v) is 8.85. The van der Waals surface area contributed by atoms with Gasteiger partial charge in [0, 0.05) is 18.5 Å². The van der Waals surface area contributed by atoms with Gasteiger partial charge in [-0.15, -0.1) is 11.3 Å². The quantitative estimate of drug-likeness (QED) is 0.873. The molecule has 0 saturated heterocycles. The molecule has 21 heavy (non-hydrogen) atoms. The van der Waals surface area contributed by atoms with Crippen molar-refractivity contribution in [3.8, 4) is 0 Å². The molecule has 0 aliphatic heterocycles. The Balaban J connectivity index is 2.32. The van der Waals surface area contributed by atoms with Gasteiger partial charge in [0.1, 0.15) is 10.6 Å². The summed E-state index contributed by atoms with van der Waals surface area (Å²) in [6, 6.07) is 0. The topological polar surface area (TPSA) is 34.1 Å². The smallest absolute Gasteiger partial charge is 0.125 e. The highest BCUT2D eigenvalue weighted by atomic mass is 32.1. The Kier molecular flexibility index (Phi) is 5.11. The van der Waals surface area contributed by atoms with Gasteiger partial charge in [0.2, 0.25) is 0 Å². The lowest BCUT2D eigenvalue weighted by atomic mass is 9.71. The fourth-order valence-corrected chi connectivity index (χ4v) is 4.59. The van der Waals surface area contributed by atoms with Gasteiger partial charge in [0.25, 0.3) is 0 Å². The third-order valence-electron chi connectivity index (χ3n) is 4.80. The van der Waals surface area contributed by atoms with E-state index in [9.17, 15) is 0 Å². The van der Waals surface area contributed by atoms with Crippen LogP contribution in [-0.2, 0) is 16.9 Å². The predicted octanol–water partition coefficient (Wildman–Crippen LogP) is 4.43. The third-order valence-corrected chi connectivity index (χ3v) is 6.06. The van der Waals surface area contributed by atoms with E-state index in [4.69, 9.17) is 9.72 Å². The summed E-state index contributed by atoms with van der Waals surface area (Å²) in [6.07, 6.45) is 4.58. The fourth-order valence-electron chi connectivity index (χ4n) is 3.13. The van der Waals surface area contributed by atoms with E-state index in [1.54, 1.807) is 0 Å². The summed E-state index contributed by atoms with van der Waals surface area (Å²) in [5.74, 6) is 0.465. The van der Waals surface area contributed by atoms with E-state index in [2.05, 4.69) is 33.0 Å². The van der Waals surface area contributed by atoms with Crippen LogP contribution in [0.15, 0.2) is 0 Å². The van der Waals surface area contributed by atoms with E-state index in [-0.39, 0.29) is 5.60 Å². The summed E-state index contributed by atoms with van der Waals surface area (Å²) in [6.45, 7) is 10.1. The van der Waals surface area contributed by atoms with Crippen molar-refractivity contribution in [3.63, 3.8) is 0 Å². The minimum atomic E-state index is -0.157. The Hall–Kier alpha value is -0.450. The monoisotopic (exact) mass is 310 g/mol. The van der Waals surface area contributed by atoms with Crippen LogP contribution in [0.4, 0.5) is 0 Å². The molecule has 1 saturated carbocycles. The Bertz CT molecular complexity index is 469. The van der Waals surface area contributed by atoms with Crippen LogP contribution >= 0.6 is 11.3 Å². The molecule has 0 atom stereocenters. The largest absolute Gasteiger partial charge is 0.371 e. The predicted molar refractivity (Wildman–Crippen MR) is 89.9 cm³/mol. The summed E-state index contributed by atoms with van der Waals surface area (Å²) in [5.41, 5.74) is 1.52. The van der Waals surface area contributed by atoms with Crippen molar-refractivity contribution in [1.29, 1.82) is 0 Å². The van der Waals surface area contributed by atoms with Crippen molar-refractivity contribution in [1.82, 2.24) is 10.3 Å². The number of rotatable bonds is 5. The van der Waals surface area contributed by atoms with Crippen LogP contribution in [0, 0.1) is 5.41 Å². The first-order valence-electron chi connectivity index (χ1n) is 8.03. The lowest BCUT2D eigenvalue weighted by Crippen LogP contribution is -2.36. The molecule has 3 nitrogen and oxygen atoms in total. The molecule has 4 heteroatoms. The zero-order valence-electron chi connectivity index (χ0n) is 14.4. The van der Waals surface area contributed by atoms with Crippen molar-refractivity contribution in [3.05, 3.63) is 15.6 Å². The van der Waals surface area contributed by atoms with Gasteiger partial charge in [0.15, 0.2) is 0 Å². The number of ether oxygens (including phenoxy) is 1. The first kappa shape index (κ1) is 16.9. The highest BCUT2D eigenvalue weighted by Crippen LogP contribution is 2.48. The van der Waals surface area contributed by atoms with Crippen LogP contribution in [0.25, 0.3) is 0 Å². The first-order chi connectivity index (χ1) is 9.83. The van der Waals surface area contributed by atoms with E-state index in [1.165, 1.54) is 28.4 Å². The Morgan fingerprint density at radius 2 is 1.86 bits per heavy atom. The average molecular weight is 311 g/mol. The fraction of sp³-hybridized carbons (Fsp3) is 0.824. The second-order valence-corrected chi connectivity index (χ2v) is 8.46. The van der Waals surface area contributed by atoms with Crippen molar-refractivity contribution in [2.75, 3.05) is 14.2 Å². The molecule has 1 aromatic heterocycles. The van der Waals surface area contributed by atoms with Crippen molar-refractivity contribution in [2.45, 2.75) is 71.4 Å². The van der Waals surface area contributed by atoms with Gasteiger partial charge in [0.05, 0.1) is 5.69 Å². The number of methoxy groups -OCH3 is 1. The van der Waals surface area contributed by atoms with E-state index in [1.807, 2.05) is 25.5 Å². The summed E-state index contributed by atoms with van der Waals surface area (Å²) in [5, 5.41) is 4.46. The molecule has 0 bridgehead atoms. The second kappa shape index (κ2) is 6.35. The Morgan fingerprint density at radius 3 is 2.33 bits per heavy atom. The molecule has 0 radical (unpaired) electrons. The number of hydrogen-bond donors (Lipinski definition) is 1. The highest BCUT2D eigenvalue weighted by molar-refractivity contribution is 7.11. The summed E-state index contributed by atoms with van der Waals surface area (Å²) in [4.78, 5) is 6.36. The maximum absolute atomic E-state index is 6.01. The lowest BCUT2D eigenvalue weighted by molar-refractivity contribution is -0.0668. The van der Waals surface area contributed by atoms with Gasteiger partial charge in [-0.1, -0.05) is 27.7 Å². The van der Waals surface area contributed by atoms with Gasteiger partial charge in [-0.05, 0) is 44.1 Å². The molecule has 1 fully saturated rings. The van der Waals surface area contributed by atoms with Crippen LogP contribution in [0.1, 0.15) is 74.9 Å². The molecule has 1 heterocycles. The van der Waals surface area contributed by atoms with E-state index in [0.717, 1.165) is 19.4 Å². The van der Waals surface area contributed by atoms with Crippen molar-refractivity contribution in [2.24, 2.45) is 5.41 Å². The molecule has 1 aliphatic rings. The Labute approximate surface area is 133 Å². The molecule has 1 aliphatic carbocycles. The summed E-state index contributed by atoms with van der Waals surface area (Å²) < 4.78 is 6.01. The van der Waals surface area contributed by atoms with Crippen LogP contribution in [0.2, 0.25) is 0 Å². The molecule has 0 spiro atoms. The maximum atomic E-state index is 6.01. The van der Waals surface area contributed by atoms with Crippen LogP contribution in [0.3, 0.4) is 0 Å². The number of aromatic nitrogens is 1. The summed E-state index contributed by atoms with van der Waals surface area (Å²) >= 11 is 1.84. The van der Waals surface area contributed by atoms with Gasteiger partial charge < -0.3 is 10.1 Å². The van der Waals surface area contributed by atoms with E-state index in [0.29, 0.717) is 11.3 Å². The number of nitrogens with one attached hydrogen (secondary N) is 1. The zero-order valence-corrected chi connectivity index (χ0v) is 15.2. The third kappa shape index (κ3) is 3.49. The molecular weight excluding hydrogens is 280 g/mol. The normalized spacial score (nSPS) is 20.9. The van der Waals surface area contributed by atoms with Gasteiger partial charge in [-0.25, -0.2) is 4.98 Å². The van der Waals surface area contributed by atoms with Gasteiger partial charge in [-0.2, -0.15) is 0 Å². The Morgan fingerprint density at radius 1 is 1.24 bits per heavy atom. The van der Waals surface area contributed by atoms with E-state index < -0.39 is 0 Å². The minimum absolute atomic E-state index is 0.157. The summed E-state index contributed by atoms with van der Waals surface area (Å²) in [7, 11) is 3.85. The van der Waals surface area contributed by atoms with Gasteiger partial charge in [-0.3, -0.25) is 0 Å². The van der Waals surface area contributed by atoms with Crippen LogP contribution in [-0.4, -0.2) is 19.1 Å². The van der Waals surface area contributed by atoms with Gasteiger partial charge >= 0.3 is 0 Å². The molecule has 0 aromatic carbocycles. The highest BCUT2D eigenvalue weighted by Gasteiger charge is 2.42. The lowest BCUT2D eigenvalue weighted by Gasteiger charge is -2.41. The molecule has 2 rings (SSSR count). The maximum Gasteiger partial charge on any atom is 0.125 e. The van der Waals surface area contributed by atoms with Crippen LogP contribution in [0.5, 0.6) is 0 Å². The molecule has 1 N–H and O–H groups in total. The molecule has 0 unspecified atom stereocenters. The minimum Gasteiger partial charge on any atom is -0.371 e. The second-order valence-electron chi connectivity index (χ2n) is 7.38. The molecule has 0 amide bonds. The van der Waals surface area contributed by atoms with Crippen molar-refractivity contribution >= 4 is 11.3 Å². The molecule has 1 aromatic rings. The average Bonchev–Trinajstić information content (AvgIpc) is 2.85. The molecular formula is C17H30N2OS.